The highest BCUT2D eigenvalue weighted by Crippen LogP contribution is 2.64. The van der Waals surface area contributed by atoms with Crippen LogP contribution in [0.25, 0.3) is 0 Å². The number of hydrogen-bond donors (Lipinski definition) is 1. The molecule has 0 amide bonds. The molecule has 0 saturated heterocycles. The lowest BCUT2D eigenvalue weighted by molar-refractivity contribution is -0.128. The molecule has 2 aliphatic carbocycles. The third kappa shape index (κ3) is 3.07. The van der Waals surface area contributed by atoms with Crippen molar-refractivity contribution in [2.75, 3.05) is 12.3 Å². The Kier molecular flexibility index (Phi) is 4.56. The summed E-state index contributed by atoms with van der Waals surface area (Å²) in [5, 5.41) is 6.25. The highest BCUT2D eigenvalue weighted by Gasteiger charge is 2.65. The largest absolute Gasteiger partial charge is 0.299 e. The number of fused-ring (bicyclic) bond motifs is 2. The van der Waals surface area contributed by atoms with E-state index in [-0.39, 0.29) is 29.5 Å². The van der Waals surface area contributed by atoms with E-state index in [1.807, 2.05) is 29.8 Å². The third-order valence-electron chi connectivity index (χ3n) is 6.79. The smallest absolute Gasteiger partial charge is 0.212 e. The maximum absolute atomic E-state index is 13.0. The van der Waals surface area contributed by atoms with Gasteiger partial charge in [-0.05, 0) is 41.7 Å². The summed E-state index contributed by atoms with van der Waals surface area (Å²) in [6.45, 7) is 4.34. The lowest BCUT2D eigenvalue weighted by Gasteiger charge is -2.36. The lowest BCUT2D eigenvalue weighted by atomic mass is 9.70. The van der Waals surface area contributed by atoms with Crippen LogP contribution in [0, 0.1) is 16.7 Å². The lowest BCUT2D eigenvalue weighted by Crippen LogP contribution is -2.46. The summed E-state index contributed by atoms with van der Waals surface area (Å²) in [7, 11) is -3.60. The average molecular weight is 408 g/mol. The number of Topliss-reactive ketones (excluding diaryl/α,β-unsaturated/α-hetero) is 1. The van der Waals surface area contributed by atoms with Gasteiger partial charge in [-0.15, -0.1) is 11.3 Å². The first-order valence-electron chi connectivity index (χ1n) is 9.28. The number of aromatic nitrogens is 2. The summed E-state index contributed by atoms with van der Waals surface area (Å²) in [4.78, 5) is 13.7. The molecule has 0 aliphatic heterocycles. The van der Waals surface area contributed by atoms with E-state index in [0.29, 0.717) is 18.8 Å². The minimum atomic E-state index is -3.60. The van der Waals surface area contributed by atoms with Crippen LogP contribution in [-0.2, 0) is 14.8 Å². The second kappa shape index (κ2) is 6.53. The number of ketones is 1. The zero-order valence-electron chi connectivity index (χ0n) is 15.6. The molecule has 3 unspecified atom stereocenters. The Hall–Kier alpha value is -1.51. The van der Waals surface area contributed by atoms with Crippen molar-refractivity contribution in [3.63, 3.8) is 0 Å². The molecule has 4 rings (SSSR count). The highest BCUT2D eigenvalue weighted by atomic mass is 32.2. The van der Waals surface area contributed by atoms with Gasteiger partial charge in [0.15, 0.2) is 0 Å². The first kappa shape index (κ1) is 18.8. The molecule has 6 nitrogen and oxygen atoms in total. The molecule has 0 spiro atoms. The monoisotopic (exact) mass is 407 g/mol. The van der Waals surface area contributed by atoms with E-state index in [9.17, 15) is 13.2 Å². The summed E-state index contributed by atoms with van der Waals surface area (Å²) in [6.07, 6.45) is 5.67. The number of nitrogens with one attached hydrogen (secondary N) is 1. The predicted molar refractivity (Wildman–Crippen MR) is 105 cm³/mol. The van der Waals surface area contributed by atoms with Gasteiger partial charge in [-0.3, -0.25) is 9.48 Å². The Morgan fingerprint density at radius 2 is 2.22 bits per heavy atom. The number of carbonyl (C=O) groups excluding carboxylic acids is 1. The first-order valence-corrected chi connectivity index (χ1v) is 11.8. The maximum atomic E-state index is 13.0. The molecule has 146 valence electrons. The normalized spacial score (nSPS) is 27.9. The number of hydrogen-bond acceptors (Lipinski definition) is 5. The Morgan fingerprint density at radius 1 is 1.41 bits per heavy atom. The third-order valence-corrected chi connectivity index (χ3v) is 9.24. The molecule has 8 heteroatoms. The molecule has 2 aromatic rings. The van der Waals surface area contributed by atoms with Crippen molar-refractivity contribution in [2.24, 2.45) is 16.7 Å². The van der Waals surface area contributed by atoms with Crippen LogP contribution in [-0.4, -0.2) is 36.3 Å². The molecule has 2 bridgehead atoms. The van der Waals surface area contributed by atoms with E-state index in [2.05, 4.69) is 23.7 Å². The van der Waals surface area contributed by atoms with Gasteiger partial charge in [-0.2, -0.15) is 5.10 Å². The SMILES string of the molecule is CC1(C)C2CCC1(CS(=O)(=O)NCC(c1cccs1)n1cccn1)C(=O)C2. The van der Waals surface area contributed by atoms with Crippen LogP contribution in [0.3, 0.4) is 0 Å². The van der Waals surface area contributed by atoms with E-state index in [1.54, 1.807) is 22.2 Å². The fourth-order valence-corrected chi connectivity index (χ4v) is 7.62. The van der Waals surface area contributed by atoms with Crippen LogP contribution in [0.5, 0.6) is 0 Å². The molecule has 3 atom stereocenters. The molecule has 2 aliphatic rings. The first-order chi connectivity index (χ1) is 12.8. The minimum absolute atomic E-state index is 0.112. The summed E-state index contributed by atoms with van der Waals surface area (Å²) in [5.41, 5.74) is -0.998. The molecule has 2 heterocycles. The molecule has 1 N–H and O–H groups in total. The average Bonchev–Trinajstić information content (AvgIpc) is 3.35. The van der Waals surface area contributed by atoms with Gasteiger partial charge in [0.25, 0.3) is 0 Å². The molecule has 2 aromatic heterocycles. The molecule has 2 saturated carbocycles. The number of nitrogens with zero attached hydrogens (tertiary/aromatic N) is 2. The van der Waals surface area contributed by atoms with Crippen molar-refractivity contribution in [3.05, 3.63) is 40.8 Å². The van der Waals surface area contributed by atoms with Crippen LogP contribution in [0.4, 0.5) is 0 Å². The Balaban J connectivity index is 1.53. The number of thiophene rings is 1. The van der Waals surface area contributed by atoms with Gasteiger partial charge in [-0.1, -0.05) is 19.9 Å². The zero-order valence-corrected chi connectivity index (χ0v) is 17.2. The topological polar surface area (TPSA) is 81.1 Å². The maximum Gasteiger partial charge on any atom is 0.212 e. The minimum Gasteiger partial charge on any atom is -0.299 e. The zero-order chi connectivity index (χ0) is 19.3. The van der Waals surface area contributed by atoms with Crippen LogP contribution >= 0.6 is 11.3 Å². The second-order valence-corrected chi connectivity index (χ2v) is 11.1. The fourth-order valence-electron chi connectivity index (χ4n) is 4.96. The molecule has 2 fully saturated rings. The van der Waals surface area contributed by atoms with Crippen molar-refractivity contribution in [2.45, 2.75) is 39.2 Å². The van der Waals surface area contributed by atoms with E-state index in [1.165, 1.54) is 0 Å². The number of sulfonamides is 1. The van der Waals surface area contributed by atoms with Gasteiger partial charge in [0.05, 0.1) is 11.8 Å². The van der Waals surface area contributed by atoms with Gasteiger partial charge >= 0.3 is 0 Å². The highest BCUT2D eigenvalue weighted by molar-refractivity contribution is 7.89. The fraction of sp³-hybridized carbons (Fsp3) is 0.579. The van der Waals surface area contributed by atoms with Crippen molar-refractivity contribution in [1.29, 1.82) is 0 Å². The summed E-state index contributed by atoms with van der Waals surface area (Å²) in [5.74, 6) is 0.317. The van der Waals surface area contributed by atoms with Gasteiger partial charge in [0.1, 0.15) is 5.78 Å². The van der Waals surface area contributed by atoms with Crippen LogP contribution in [0.15, 0.2) is 36.0 Å². The second-order valence-electron chi connectivity index (χ2n) is 8.29. The van der Waals surface area contributed by atoms with Gasteiger partial charge in [0.2, 0.25) is 10.0 Å². The molecular weight excluding hydrogens is 382 g/mol. The van der Waals surface area contributed by atoms with E-state index >= 15 is 0 Å². The Morgan fingerprint density at radius 3 is 2.78 bits per heavy atom. The molecule has 27 heavy (non-hydrogen) atoms. The van der Waals surface area contributed by atoms with Gasteiger partial charge in [-0.25, -0.2) is 13.1 Å². The van der Waals surface area contributed by atoms with Crippen LogP contribution in [0.1, 0.15) is 44.0 Å². The van der Waals surface area contributed by atoms with Crippen LogP contribution in [0.2, 0.25) is 0 Å². The summed E-state index contributed by atoms with van der Waals surface area (Å²) < 4.78 is 30.4. The van der Waals surface area contributed by atoms with Gasteiger partial charge in [0, 0.05) is 35.7 Å². The number of carbonyl (C=O) groups is 1. The quantitative estimate of drug-likeness (QED) is 0.765. The standard InChI is InChI=1S/C19H25N3O3S2/c1-18(2)14-6-7-19(18,17(23)11-14)13-27(24,25)21-12-15(16-5-3-10-26-16)22-9-4-8-20-22/h3-5,8-10,14-15,21H,6-7,11-13H2,1-2H3. The van der Waals surface area contributed by atoms with Crippen LogP contribution < -0.4 is 4.72 Å². The van der Waals surface area contributed by atoms with Crippen molar-refractivity contribution in [3.8, 4) is 0 Å². The van der Waals surface area contributed by atoms with E-state index in [0.717, 1.165) is 11.3 Å². The number of rotatable bonds is 7. The predicted octanol–water partition coefficient (Wildman–Crippen LogP) is 2.85. The Bertz CT molecular complexity index is 885. The molecule has 0 aromatic carbocycles. The summed E-state index contributed by atoms with van der Waals surface area (Å²) >= 11 is 1.57. The van der Waals surface area contributed by atoms with E-state index < -0.39 is 15.4 Å². The Labute approximate surface area is 164 Å². The summed E-state index contributed by atoms with van der Waals surface area (Å²) in [6, 6.07) is 5.56. The van der Waals surface area contributed by atoms with Crippen molar-refractivity contribution >= 4 is 27.1 Å². The van der Waals surface area contributed by atoms with Crippen molar-refractivity contribution in [1.82, 2.24) is 14.5 Å². The van der Waals surface area contributed by atoms with E-state index in [4.69, 9.17) is 0 Å². The molecule has 0 radical (unpaired) electrons. The molecular formula is C19H25N3O3S2. The van der Waals surface area contributed by atoms with Crippen molar-refractivity contribution < 1.29 is 13.2 Å². The van der Waals surface area contributed by atoms with Gasteiger partial charge < -0.3 is 0 Å².